The van der Waals surface area contributed by atoms with Crippen LogP contribution in [0.5, 0.6) is 0 Å². The Balaban J connectivity index is 2.01. The predicted molar refractivity (Wildman–Crippen MR) is 120 cm³/mol. The predicted octanol–water partition coefficient (Wildman–Crippen LogP) is 2.23. The molecule has 0 saturated heterocycles. The number of sulfonamides is 1. The molecule has 1 atom stereocenters. The number of primary sulfonamides is 1. The van der Waals surface area contributed by atoms with E-state index < -0.39 is 40.5 Å². The van der Waals surface area contributed by atoms with Crippen molar-refractivity contribution in [2.24, 2.45) is 11.1 Å². The molecule has 0 heterocycles. The molecule has 2 rings (SSSR count). The van der Waals surface area contributed by atoms with Gasteiger partial charge in [-0.1, -0.05) is 43.6 Å². The standard InChI is InChI=1S/C21H24ClN3O6S/c1-12(2)19(25-20(27)15-6-4-5-7-16(15)22)21(28)31-11-18(26)24-14-9-8-13(3)17(10-14)32(23,29)30/h4-10,12,19H,11H2,1-3H3,(H,24,26)(H,25,27)(H2,23,29,30)/t19-/m0/s1. The second-order valence-corrected chi connectivity index (χ2v) is 9.29. The summed E-state index contributed by atoms with van der Waals surface area (Å²) in [5.74, 6) is -2.37. The number of benzene rings is 2. The summed E-state index contributed by atoms with van der Waals surface area (Å²) in [6.07, 6.45) is 0. The molecule has 0 aliphatic carbocycles. The van der Waals surface area contributed by atoms with E-state index in [0.717, 1.165) is 0 Å². The number of aryl methyl sites for hydroxylation is 1. The number of nitrogens with one attached hydrogen (secondary N) is 2. The zero-order valence-electron chi connectivity index (χ0n) is 17.7. The lowest BCUT2D eigenvalue weighted by molar-refractivity contribution is -0.150. The lowest BCUT2D eigenvalue weighted by Gasteiger charge is -2.21. The molecule has 0 radical (unpaired) electrons. The van der Waals surface area contributed by atoms with E-state index in [-0.39, 0.29) is 27.1 Å². The quantitative estimate of drug-likeness (QED) is 0.493. The van der Waals surface area contributed by atoms with Crippen molar-refractivity contribution in [3.8, 4) is 0 Å². The summed E-state index contributed by atoms with van der Waals surface area (Å²) in [6, 6.07) is 9.56. The van der Waals surface area contributed by atoms with Crippen LogP contribution in [0, 0.1) is 12.8 Å². The van der Waals surface area contributed by atoms with Crippen LogP contribution in [0.3, 0.4) is 0 Å². The van der Waals surface area contributed by atoms with Crippen molar-refractivity contribution in [1.29, 1.82) is 0 Å². The zero-order valence-corrected chi connectivity index (χ0v) is 19.3. The Morgan fingerprint density at radius 1 is 1.12 bits per heavy atom. The highest BCUT2D eigenvalue weighted by Gasteiger charge is 2.27. The molecule has 9 nitrogen and oxygen atoms in total. The second kappa shape index (κ2) is 10.6. The lowest BCUT2D eigenvalue weighted by Crippen LogP contribution is -2.46. The lowest BCUT2D eigenvalue weighted by atomic mass is 10.0. The van der Waals surface area contributed by atoms with Gasteiger partial charge >= 0.3 is 5.97 Å². The van der Waals surface area contributed by atoms with Gasteiger partial charge in [0.1, 0.15) is 6.04 Å². The number of esters is 1. The fourth-order valence-corrected chi connectivity index (χ4v) is 3.80. The van der Waals surface area contributed by atoms with Crippen LogP contribution in [0.15, 0.2) is 47.4 Å². The van der Waals surface area contributed by atoms with Crippen molar-refractivity contribution in [3.63, 3.8) is 0 Å². The molecule has 0 fully saturated rings. The maximum absolute atomic E-state index is 12.5. The van der Waals surface area contributed by atoms with E-state index in [0.29, 0.717) is 5.56 Å². The van der Waals surface area contributed by atoms with Crippen molar-refractivity contribution >= 4 is 45.1 Å². The number of hydrogen-bond donors (Lipinski definition) is 3. The van der Waals surface area contributed by atoms with Crippen LogP contribution in [0.1, 0.15) is 29.8 Å². The number of ether oxygens (including phenoxy) is 1. The molecule has 11 heteroatoms. The first-order valence-corrected chi connectivity index (χ1v) is 11.5. The van der Waals surface area contributed by atoms with Crippen LogP contribution in [0.4, 0.5) is 5.69 Å². The average molecular weight is 482 g/mol. The smallest absolute Gasteiger partial charge is 0.329 e. The Morgan fingerprint density at radius 2 is 1.78 bits per heavy atom. The summed E-state index contributed by atoms with van der Waals surface area (Å²) in [5.41, 5.74) is 0.800. The largest absolute Gasteiger partial charge is 0.454 e. The minimum Gasteiger partial charge on any atom is -0.454 e. The molecule has 2 aromatic carbocycles. The molecule has 0 aliphatic rings. The molecule has 0 saturated carbocycles. The highest BCUT2D eigenvalue weighted by Crippen LogP contribution is 2.19. The fourth-order valence-electron chi connectivity index (χ4n) is 2.77. The SMILES string of the molecule is Cc1ccc(NC(=O)COC(=O)[C@@H](NC(=O)c2ccccc2Cl)C(C)C)cc1S(N)(=O)=O. The number of carbonyl (C=O) groups is 3. The molecule has 2 amide bonds. The third-order valence-electron chi connectivity index (χ3n) is 4.45. The number of hydrogen-bond acceptors (Lipinski definition) is 6. The summed E-state index contributed by atoms with van der Waals surface area (Å²) < 4.78 is 28.3. The van der Waals surface area contributed by atoms with Gasteiger partial charge in [-0.05, 0) is 42.7 Å². The fraction of sp³-hybridized carbons (Fsp3) is 0.286. The van der Waals surface area contributed by atoms with Gasteiger partial charge in [0.15, 0.2) is 6.61 Å². The normalized spacial score (nSPS) is 12.2. The van der Waals surface area contributed by atoms with Gasteiger partial charge < -0.3 is 15.4 Å². The molecule has 172 valence electrons. The molecule has 2 aromatic rings. The second-order valence-electron chi connectivity index (χ2n) is 7.36. The molecule has 0 bridgehead atoms. The van der Waals surface area contributed by atoms with Crippen LogP contribution < -0.4 is 15.8 Å². The maximum atomic E-state index is 12.5. The van der Waals surface area contributed by atoms with E-state index in [1.165, 1.54) is 24.3 Å². The first kappa shape index (κ1) is 25.3. The molecule has 4 N–H and O–H groups in total. The Bertz CT molecular complexity index is 1130. The Labute approximate surface area is 191 Å². The number of anilines is 1. The zero-order chi connectivity index (χ0) is 24.1. The summed E-state index contributed by atoms with van der Waals surface area (Å²) in [7, 11) is -3.96. The van der Waals surface area contributed by atoms with Crippen molar-refractivity contribution < 1.29 is 27.5 Å². The highest BCUT2D eigenvalue weighted by atomic mass is 35.5. The van der Waals surface area contributed by atoms with E-state index >= 15 is 0 Å². The first-order valence-electron chi connectivity index (χ1n) is 9.55. The summed E-state index contributed by atoms with van der Waals surface area (Å²) in [6.45, 7) is 4.35. The number of rotatable bonds is 8. The molecular weight excluding hydrogens is 458 g/mol. The maximum Gasteiger partial charge on any atom is 0.329 e. The third kappa shape index (κ3) is 6.78. The van der Waals surface area contributed by atoms with Crippen LogP contribution in [0.25, 0.3) is 0 Å². The van der Waals surface area contributed by atoms with E-state index in [9.17, 15) is 22.8 Å². The molecule has 0 spiro atoms. The van der Waals surface area contributed by atoms with Crippen LogP contribution in [-0.4, -0.2) is 38.9 Å². The van der Waals surface area contributed by atoms with E-state index in [1.807, 2.05) is 0 Å². The number of halogens is 1. The topological polar surface area (TPSA) is 145 Å². The van der Waals surface area contributed by atoms with Crippen molar-refractivity contribution in [2.45, 2.75) is 31.7 Å². The van der Waals surface area contributed by atoms with Gasteiger partial charge in [0, 0.05) is 5.69 Å². The van der Waals surface area contributed by atoms with Gasteiger partial charge in [-0.2, -0.15) is 0 Å². The van der Waals surface area contributed by atoms with Crippen molar-refractivity contribution in [1.82, 2.24) is 5.32 Å². The highest BCUT2D eigenvalue weighted by molar-refractivity contribution is 7.89. The van der Waals surface area contributed by atoms with Gasteiger partial charge in [-0.3, -0.25) is 9.59 Å². The Kier molecular flexibility index (Phi) is 8.37. The van der Waals surface area contributed by atoms with Crippen LogP contribution in [-0.2, 0) is 24.3 Å². The Morgan fingerprint density at radius 3 is 2.38 bits per heavy atom. The van der Waals surface area contributed by atoms with Crippen LogP contribution >= 0.6 is 11.6 Å². The van der Waals surface area contributed by atoms with E-state index in [1.54, 1.807) is 39.0 Å². The third-order valence-corrected chi connectivity index (χ3v) is 5.83. The average Bonchev–Trinajstić information content (AvgIpc) is 2.70. The van der Waals surface area contributed by atoms with Crippen LogP contribution in [0.2, 0.25) is 5.02 Å². The molecule has 32 heavy (non-hydrogen) atoms. The monoisotopic (exact) mass is 481 g/mol. The summed E-state index contributed by atoms with van der Waals surface area (Å²) in [4.78, 5) is 37.0. The van der Waals surface area contributed by atoms with Crippen molar-refractivity contribution in [2.75, 3.05) is 11.9 Å². The van der Waals surface area contributed by atoms with Gasteiger partial charge in [0.25, 0.3) is 11.8 Å². The molecular formula is C21H24ClN3O6S. The minimum atomic E-state index is -3.96. The van der Waals surface area contributed by atoms with Gasteiger partial charge in [-0.15, -0.1) is 0 Å². The molecule has 0 aromatic heterocycles. The molecule has 0 aliphatic heterocycles. The number of carbonyl (C=O) groups excluding carboxylic acids is 3. The summed E-state index contributed by atoms with van der Waals surface area (Å²) >= 11 is 6.02. The molecule has 0 unspecified atom stereocenters. The summed E-state index contributed by atoms with van der Waals surface area (Å²) in [5, 5.41) is 10.4. The minimum absolute atomic E-state index is 0.130. The van der Waals surface area contributed by atoms with E-state index in [2.05, 4.69) is 10.6 Å². The van der Waals surface area contributed by atoms with Gasteiger partial charge in [0.05, 0.1) is 15.5 Å². The first-order chi connectivity index (χ1) is 14.9. The number of amides is 2. The van der Waals surface area contributed by atoms with Crippen molar-refractivity contribution in [3.05, 3.63) is 58.6 Å². The van der Waals surface area contributed by atoms with Gasteiger partial charge in [-0.25, -0.2) is 18.4 Å². The van der Waals surface area contributed by atoms with E-state index in [4.69, 9.17) is 21.5 Å². The number of nitrogens with two attached hydrogens (primary N) is 1. The Hall–Kier alpha value is -2.95. The van der Waals surface area contributed by atoms with Gasteiger partial charge in [0.2, 0.25) is 10.0 Å².